The first-order valence-corrected chi connectivity index (χ1v) is 11.6. The molecule has 134 valence electrons. The Kier molecular flexibility index (Phi) is 5.46. The minimum absolute atomic E-state index is 0.164. The van der Waals surface area contributed by atoms with Gasteiger partial charge in [-0.2, -0.15) is 0 Å². The Morgan fingerprint density at radius 3 is 2.04 bits per heavy atom. The maximum atomic E-state index is 13.6. The third kappa shape index (κ3) is 4.21. The molecule has 1 atom stereocenters. The number of ether oxygens (including phenoxy) is 1. The monoisotopic (exact) mass is 383 g/mol. The van der Waals surface area contributed by atoms with Gasteiger partial charge < -0.3 is 4.74 Å². The van der Waals surface area contributed by atoms with Crippen molar-refractivity contribution in [2.24, 2.45) is 0 Å². The van der Waals surface area contributed by atoms with Gasteiger partial charge in [0.2, 0.25) is 0 Å². The van der Waals surface area contributed by atoms with Crippen molar-refractivity contribution in [3.8, 4) is 0 Å². The van der Waals surface area contributed by atoms with E-state index >= 15 is 0 Å². The van der Waals surface area contributed by atoms with Crippen molar-refractivity contribution in [2.75, 3.05) is 13.2 Å². The molecule has 26 heavy (non-hydrogen) atoms. The Labute approximate surface area is 159 Å². The van der Waals surface area contributed by atoms with Crippen LogP contribution in [-0.4, -0.2) is 19.3 Å². The highest BCUT2D eigenvalue weighted by Gasteiger charge is 2.27. The third-order valence-electron chi connectivity index (χ3n) is 4.54. The first-order valence-electron chi connectivity index (χ1n) is 8.92. The van der Waals surface area contributed by atoms with Gasteiger partial charge in [0.15, 0.2) is 7.29 Å². The van der Waals surface area contributed by atoms with Crippen LogP contribution in [0.4, 0.5) is 0 Å². The van der Waals surface area contributed by atoms with Crippen molar-refractivity contribution in [3.63, 3.8) is 0 Å². The molecular weight excluding hydrogens is 361 g/mol. The van der Waals surface area contributed by atoms with E-state index in [1.807, 2.05) is 48.0 Å². The lowest BCUT2D eigenvalue weighted by atomic mass is 10.2. The van der Waals surface area contributed by atoms with Crippen LogP contribution in [0.15, 0.2) is 72.3 Å². The second-order valence-corrected chi connectivity index (χ2v) is 9.86. The average Bonchev–Trinajstić information content (AvgIpc) is 3.21. The highest BCUT2D eigenvalue weighted by molar-refractivity contribution is 8.17. The molecule has 0 aromatic heterocycles. The van der Waals surface area contributed by atoms with Crippen LogP contribution in [0, 0.1) is 0 Å². The molecule has 1 fully saturated rings. The SMILES string of the molecule is O=P1(NC[C@H]2CCCO2)C=C(c2ccccc2)SC(c2ccccc2)=C1. The molecule has 5 heteroatoms. The molecule has 1 saturated heterocycles. The summed E-state index contributed by atoms with van der Waals surface area (Å²) < 4.78 is 19.3. The topological polar surface area (TPSA) is 38.3 Å². The van der Waals surface area contributed by atoms with Gasteiger partial charge >= 0.3 is 0 Å². The molecule has 2 aliphatic heterocycles. The van der Waals surface area contributed by atoms with Crippen LogP contribution in [0.25, 0.3) is 9.81 Å². The number of hydrogen-bond donors (Lipinski definition) is 1. The van der Waals surface area contributed by atoms with Gasteiger partial charge in [0.1, 0.15) is 0 Å². The van der Waals surface area contributed by atoms with E-state index in [1.165, 1.54) is 0 Å². The van der Waals surface area contributed by atoms with Crippen LogP contribution in [0.5, 0.6) is 0 Å². The molecule has 0 spiro atoms. The molecule has 0 saturated carbocycles. The van der Waals surface area contributed by atoms with E-state index in [4.69, 9.17) is 4.74 Å². The number of thioether (sulfide) groups is 1. The molecule has 0 aliphatic carbocycles. The first-order chi connectivity index (χ1) is 12.7. The number of benzene rings is 2. The summed E-state index contributed by atoms with van der Waals surface area (Å²) in [5.41, 5.74) is 2.19. The molecular formula is C21H22NO2PS. The summed E-state index contributed by atoms with van der Waals surface area (Å²) in [6, 6.07) is 20.3. The summed E-state index contributed by atoms with van der Waals surface area (Å²) in [5, 5.41) is 3.30. The van der Waals surface area contributed by atoms with Crippen LogP contribution in [0.1, 0.15) is 24.0 Å². The maximum absolute atomic E-state index is 13.6. The van der Waals surface area contributed by atoms with Crippen LogP contribution in [0.3, 0.4) is 0 Å². The molecule has 0 bridgehead atoms. The van der Waals surface area contributed by atoms with E-state index in [9.17, 15) is 4.57 Å². The molecule has 4 rings (SSSR count). The fourth-order valence-electron chi connectivity index (χ4n) is 3.17. The van der Waals surface area contributed by atoms with E-state index < -0.39 is 7.29 Å². The Balaban J connectivity index is 1.65. The van der Waals surface area contributed by atoms with E-state index in [2.05, 4.69) is 29.4 Å². The van der Waals surface area contributed by atoms with Crippen LogP contribution in [0.2, 0.25) is 0 Å². The van der Waals surface area contributed by atoms with E-state index in [1.54, 1.807) is 11.8 Å². The minimum atomic E-state index is -2.78. The lowest BCUT2D eigenvalue weighted by Gasteiger charge is -2.23. The summed E-state index contributed by atoms with van der Waals surface area (Å²) in [4.78, 5) is 2.07. The van der Waals surface area contributed by atoms with Crippen molar-refractivity contribution < 1.29 is 9.30 Å². The fraction of sp³-hybridized carbons (Fsp3) is 0.238. The van der Waals surface area contributed by atoms with Crippen molar-refractivity contribution in [3.05, 3.63) is 83.4 Å². The molecule has 2 aromatic carbocycles. The second kappa shape index (κ2) is 7.98. The molecule has 0 amide bonds. The minimum Gasteiger partial charge on any atom is -0.377 e. The Morgan fingerprint density at radius 1 is 0.962 bits per heavy atom. The molecule has 0 unspecified atom stereocenters. The van der Waals surface area contributed by atoms with Crippen LogP contribution >= 0.6 is 19.1 Å². The highest BCUT2D eigenvalue weighted by Crippen LogP contribution is 2.58. The molecule has 0 radical (unpaired) electrons. The van der Waals surface area contributed by atoms with Crippen LogP contribution < -0.4 is 5.09 Å². The van der Waals surface area contributed by atoms with Gasteiger partial charge in [-0.15, -0.1) is 0 Å². The highest BCUT2D eigenvalue weighted by atomic mass is 32.2. The zero-order valence-corrected chi connectivity index (χ0v) is 16.2. The van der Waals surface area contributed by atoms with Gasteiger partial charge in [-0.25, -0.2) is 0 Å². The van der Waals surface area contributed by atoms with E-state index in [0.29, 0.717) is 6.54 Å². The maximum Gasteiger partial charge on any atom is 0.193 e. The third-order valence-corrected chi connectivity index (χ3v) is 8.00. The van der Waals surface area contributed by atoms with Gasteiger partial charge in [0, 0.05) is 34.6 Å². The van der Waals surface area contributed by atoms with E-state index in [-0.39, 0.29) is 6.10 Å². The predicted octanol–water partition coefficient (Wildman–Crippen LogP) is 5.78. The van der Waals surface area contributed by atoms with Crippen molar-refractivity contribution >= 4 is 28.9 Å². The summed E-state index contributed by atoms with van der Waals surface area (Å²) in [5.74, 6) is 3.82. The van der Waals surface area contributed by atoms with Crippen molar-refractivity contribution in [1.29, 1.82) is 0 Å². The second-order valence-electron chi connectivity index (χ2n) is 6.53. The average molecular weight is 383 g/mol. The largest absolute Gasteiger partial charge is 0.377 e. The van der Waals surface area contributed by atoms with E-state index in [0.717, 1.165) is 40.4 Å². The standard InChI is InChI=1S/C21H22NO2PS/c23-25(22-14-19-12-7-13-24-19)15-20(17-8-3-1-4-9-17)26-21(16-25)18-10-5-2-6-11-18/h1-6,8-11,15-16,19H,7,12-14H2,(H,22,23)/t19-/m1/s1. The lowest BCUT2D eigenvalue weighted by Crippen LogP contribution is -2.23. The predicted molar refractivity (Wildman–Crippen MR) is 111 cm³/mol. The van der Waals surface area contributed by atoms with Crippen LogP contribution in [-0.2, 0) is 9.30 Å². The van der Waals surface area contributed by atoms with Gasteiger partial charge in [0.25, 0.3) is 0 Å². The summed E-state index contributed by atoms with van der Waals surface area (Å²) in [7, 11) is -2.78. The number of nitrogens with one attached hydrogen (secondary N) is 1. The molecule has 2 heterocycles. The van der Waals surface area contributed by atoms with Gasteiger partial charge in [0.05, 0.1) is 6.10 Å². The molecule has 1 N–H and O–H groups in total. The van der Waals surface area contributed by atoms with Gasteiger partial charge in [-0.05, 0) is 24.0 Å². The summed E-state index contributed by atoms with van der Waals surface area (Å²) in [6.45, 7) is 1.43. The normalized spacial score (nSPS) is 21.9. The zero-order chi connectivity index (χ0) is 17.8. The number of rotatable bonds is 5. The zero-order valence-electron chi connectivity index (χ0n) is 14.5. The smallest absolute Gasteiger partial charge is 0.193 e. The summed E-state index contributed by atoms with van der Waals surface area (Å²) in [6.07, 6.45) is 2.28. The quantitative estimate of drug-likeness (QED) is 0.665. The van der Waals surface area contributed by atoms with Gasteiger partial charge in [-0.3, -0.25) is 9.65 Å². The first kappa shape index (κ1) is 17.8. The molecule has 2 aliphatic rings. The lowest BCUT2D eigenvalue weighted by molar-refractivity contribution is 0.114. The Bertz CT molecular complexity index is 799. The van der Waals surface area contributed by atoms with Crippen molar-refractivity contribution in [2.45, 2.75) is 18.9 Å². The molecule has 3 nitrogen and oxygen atoms in total. The Hall–Kier alpha value is -1.58. The fourth-order valence-corrected chi connectivity index (χ4v) is 7.02. The summed E-state index contributed by atoms with van der Waals surface area (Å²) >= 11 is 1.68. The van der Waals surface area contributed by atoms with Gasteiger partial charge in [-0.1, -0.05) is 72.4 Å². The molecule has 2 aromatic rings. The van der Waals surface area contributed by atoms with Crippen molar-refractivity contribution in [1.82, 2.24) is 5.09 Å². The Morgan fingerprint density at radius 2 is 1.54 bits per heavy atom. The number of hydrogen-bond acceptors (Lipinski definition) is 3.